The molecule has 2 rings (SSSR count). The van der Waals surface area contributed by atoms with Gasteiger partial charge in [-0.25, -0.2) is 23.3 Å². The average Bonchev–Trinajstić information content (AvgIpc) is 2.62. The van der Waals surface area contributed by atoms with E-state index in [2.05, 4.69) is 36.4 Å². The Hall–Kier alpha value is -0.456. The first-order valence-electron chi connectivity index (χ1n) is 8.86. The van der Waals surface area contributed by atoms with Crippen LogP contribution in [0.5, 0.6) is 0 Å². The Bertz CT molecular complexity index is 372. The monoisotopic (exact) mass is 389 g/mol. The molecule has 0 bridgehead atoms. The van der Waals surface area contributed by atoms with Gasteiger partial charge in [-0.05, 0) is 0 Å². The Labute approximate surface area is 172 Å². The molecule has 0 atom stereocenters. The molecule has 0 unspecified atom stereocenters. The Morgan fingerprint density at radius 3 is 1.91 bits per heavy atom. The van der Waals surface area contributed by atoms with E-state index in [4.69, 9.17) is 0 Å². The second-order valence-corrected chi connectivity index (χ2v) is 3.21. The van der Waals surface area contributed by atoms with Crippen LogP contribution in [-0.2, 0) is 32.7 Å². The van der Waals surface area contributed by atoms with E-state index in [0.29, 0.717) is 0 Å². The second-order valence-electron chi connectivity index (χ2n) is 3.21. The summed E-state index contributed by atoms with van der Waals surface area (Å²) in [5.41, 5.74) is 2.35. The zero-order chi connectivity index (χ0) is 17.6. The molecular formula is C22H36Y-2. The first kappa shape index (κ1) is 30.4. The predicted octanol–water partition coefficient (Wildman–Crippen LogP) is 7.68. The van der Waals surface area contributed by atoms with Gasteiger partial charge >= 0.3 is 0 Å². The smallest absolute Gasteiger partial charge is 0 e. The second kappa shape index (κ2) is 29.5. The van der Waals surface area contributed by atoms with Crippen LogP contribution < -0.4 is 0 Å². The molecule has 0 heterocycles. The van der Waals surface area contributed by atoms with Crippen LogP contribution in [0.1, 0.15) is 73.8 Å². The van der Waals surface area contributed by atoms with Gasteiger partial charge in [0.25, 0.3) is 0 Å². The summed E-state index contributed by atoms with van der Waals surface area (Å²) in [6, 6.07) is 11.3. The van der Waals surface area contributed by atoms with Gasteiger partial charge in [0.05, 0.1) is 0 Å². The van der Waals surface area contributed by atoms with Crippen molar-refractivity contribution in [3.8, 4) is 0 Å². The van der Waals surface area contributed by atoms with Gasteiger partial charge in [-0.1, -0.05) is 80.4 Å². The summed E-state index contributed by atoms with van der Waals surface area (Å²) < 4.78 is 0. The van der Waals surface area contributed by atoms with Crippen LogP contribution in [0.15, 0.2) is 48.6 Å². The minimum atomic E-state index is 0. The molecule has 0 fully saturated rings. The molecule has 1 aromatic carbocycles. The maximum atomic E-state index is 3.29. The number of hydrogen-bond donors (Lipinski definition) is 0. The van der Waals surface area contributed by atoms with Gasteiger partial charge in [0, 0.05) is 32.7 Å². The number of benzene rings is 1. The van der Waals surface area contributed by atoms with Crippen molar-refractivity contribution in [1.82, 2.24) is 0 Å². The fourth-order valence-corrected chi connectivity index (χ4v) is 1.43. The van der Waals surface area contributed by atoms with E-state index in [1.165, 1.54) is 5.57 Å². The molecule has 0 amide bonds. The Kier molecular flexibility index (Phi) is 39.1. The largest absolute Gasteiger partial charge is 0.247 e. The van der Waals surface area contributed by atoms with E-state index < -0.39 is 0 Å². The van der Waals surface area contributed by atoms with Gasteiger partial charge in [-0.15, -0.1) is 6.07 Å². The molecule has 0 spiro atoms. The molecule has 0 nitrogen and oxygen atoms in total. The minimum absolute atomic E-state index is 0. The molecular weight excluding hydrogens is 353 g/mol. The molecule has 129 valence electrons. The number of hydrogen-bond acceptors (Lipinski definition) is 0. The van der Waals surface area contributed by atoms with Gasteiger partial charge in [0.2, 0.25) is 0 Å². The standard InChI is InChI=1S/C14H12.4C2H6.Y/c1-2-5-9-13(10-6-3-1)14-11-7-4-8-12-14;4*1-2;/h2-8,11H,1,9H2;4*1-2H3;/q-2;;;;;/b5-2-,6-3-;;;;;. The SMILES string of the molecule is CC.CC.CC.CC.[C-]1=C(c2[c-]cccc2)C/C=C\C/C=C\1.[Y]. The fraction of sp³-hybridized carbons (Fsp3) is 0.455. The van der Waals surface area contributed by atoms with Gasteiger partial charge in [-0.2, -0.15) is 30.4 Å². The Balaban J connectivity index is -0.000000176. The molecule has 0 N–H and O–H groups in total. The van der Waals surface area contributed by atoms with E-state index in [1.54, 1.807) is 0 Å². The zero-order valence-corrected chi connectivity index (χ0v) is 19.4. The van der Waals surface area contributed by atoms with Crippen molar-refractivity contribution >= 4 is 5.57 Å². The van der Waals surface area contributed by atoms with E-state index in [1.807, 2.05) is 79.7 Å². The van der Waals surface area contributed by atoms with E-state index in [9.17, 15) is 0 Å². The molecule has 0 saturated carbocycles. The average molecular weight is 389 g/mol. The maximum Gasteiger partial charge on any atom is 0 e. The van der Waals surface area contributed by atoms with Crippen molar-refractivity contribution in [3.63, 3.8) is 0 Å². The molecule has 1 aliphatic carbocycles. The molecule has 0 aliphatic heterocycles. The maximum absolute atomic E-state index is 3.29. The van der Waals surface area contributed by atoms with Gasteiger partial charge in [0.1, 0.15) is 0 Å². The van der Waals surface area contributed by atoms with Gasteiger partial charge < -0.3 is 0 Å². The molecule has 0 saturated heterocycles. The molecule has 1 aliphatic rings. The van der Waals surface area contributed by atoms with Crippen LogP contribution in [0.25, 0.3) is 5.57 Å². The van der Waals surface area contributed by atoms with E-state index >= 15 is 0 Å². The van der Waals surface area contributed by atoms with Crippen molar-refractivity contribution in [2.45, 2.75) is 68.2 Å². The van der Waals surface area contributed by atoms with Crippen LogP contribution in [0.4, 0.5) is 0 Å². The fourth-order valence-electron chi connectivity index (χ4n) is 1.43. The van der Waals surface area contributed by atoms with E-state index in [-0.39, 0.29) is 32.7 Å². The normalized spacial score (nSPS) is 13.5. The van der Waals surface area contributed by atoms with Crippen LogP contribution in [-0.4, -0.2) is 0 Å². The van der Waals surface area contributed by atoms with Crippen LogP contribution in [0.3, 0.4) is 0 Å². The summed E-state index contributed by atoms with van der Waals surface area (Å²) in [6.45, 7) is 16.0. The van der Waals surface area contributed by atoms with Crippen molar-refractivity contribution in [3.05, 3.63) is 66.3 Å². The first-order chi connectivity index (χ1) is 11.0. The summed E-state index contributed by atoms with van der Waals surface area (Å²) in [4.78, 5) is 0. The third-order valence-electron chi connectivity index (χ3n) is 2.17. The molecule has 23 heavy (non-hydrogen) atoms. The summed E-state index contributed by atoms with van der Waals surface area (Å²) >= 11 is 0. The number of rotatable bonds is 1. The Morgan fingerprint density at radius 1 is 0.783 bits per heavy atom. The topological polar surface area (TPSA) is 0 Å². The molecule has 1 aromatic rings. The number of allylic oxidation sites excluding steroid dienone is 6. The van der Waals surface area contributed by atoms with Gasteiger partial charge in [0.15, 0.2) is 0 Å². The summed E-state index contributed by atoms with van der Waals surface area (Å²) in [5, 5.41) is 0. The summed E-state index contributed by atoms with van der Waals surface area (Å²) in [6.07, 6.45) is 13.7. The van der Waals surface area contributed by atoms with E-state index in [0.717, 1.165) is 18.4 Å². The minimum Gasteiger partial charge on any atom is -0.247 e. The van der Waals surface area contributed by atoms with Crippen LogP contribution >= 0.6 is 0 Å². The van der Waals surface area contributed by atoms with Crippen molar-refractivity contribution in [2.24, 2.45) is 0 Å². The summed E-state index contributed by atoms with van der Waals surface area (Å²) in [7, 11) is 0. The van der Waals surface area contributed by atoms with Gasteiger partial charge in [-0.3, -0.25) is 0 Å². The molecule has 1 radical (unpaired) electrons. The van der Waals surface area contributed by atoms with Crippen molar-refractivity contribution < 1.29 is 32.7 Å². The predicted molar refractivity (Wildman–Crippen MR) is 105 cm³/mol. The van der Waals surface area contributed by atoms with Crippen molar-refractivity contribution in [1.29, 1.82) is 0 Å². The van der Waals surface area contributed by atoms with Crippen LogP contribution in [0.2, 0.25) is 0 Å². The Morgan fingerprint density at radius 2 is 1.39 bits per heavy atom. The van der Waals surface area contributed by atoms with Crippen molar-refractivity contribution in [2.75, 3.05) is 0 Å². The third kappa shape index (κ3) is 17.7. The summed E-state index contributed by atoms with van der Waals surface area (Å²) in [5.74, 6) is 0. The zero-order valence-electron chi connectivity index (χ0n) is 16.6. The first-order valence-corrected chi connectivity index (χ1v) is 8.86. The van der Waals surface area contributed by atoms with Crippen LogP contribution in [0, 0.1) is 12.1 Å². The third-order valence-corrected chi connectivity index (χ3v) is 2.17. The molecule has 1 heteroatoms. The quantitative estimate of drug-likeness (QED) is 0.341. The molecule has 0 aromatic heterocycles.